The summed E-state index contributed by atoms with van der Waals surface area (Å²) in [6.07, 6.45) is 0.869. The summed E-state index contributed by atoms with van der Waals surface area (Å²) in [4.78, 5) is 0. The van der Waals surface area contributed by atoms with Gasteiger partial charge in [-0.2, -0.15) is 0 Å². The van der Waals surface area contributed by atoms with Crippen LogP contribution in [0.2, 0.25) is 0 Å². The Hall–Kier alpha value is -2.23. The van der Waals surface area contributed by atoms with E-state index >= 15 is 0 Å². The third-order valence-electron chi connectivity index (χ3n) is 3.45. The molecule has 0 spiro atoms. The summed E-state index contributed by atoms with van der Waals surface area (Å²) in [5.74, 6) is 1.28. The number of benzene rings is 2. The number of para-hydroxylation sites is 1. The van der Waals surface area contributed by atoms with Crippen molar-refractivity contribution >= 4 is 5.69 Å². The average Bonchev–Trinajstić information content (AvgIpc) is 2.72. The summed E-state index contributed by atoms with van der Waals surface area (Å²) in [5, 5.41) is 3.12. The van der Waals surface area contributed by atoms with Crippen molar-refractivity contribution in [1.29, 1.82) is 0 Å². The summed E-state index contributed by atoms with van der Waals surface area (Å²) in [6, 6.07) is 11.0. The number of hydrogen-bond donors (Lipinski definition) is 1. The van der Waals surface area contributed by atoms with Crippen LogP contribution in [-0.4, -0.2) is 13.2 Å². The van der Waals surface area contributed by atoms with Gasteiger partial charge < -0.3 is 14.8 Å². The highest BCUT2D eigenvalue weighted by molar-refractivity contribution is 5.51. The van der Waals surface area contributed by atoms with Crippen LogP contribution in [-0.2, 0) is 6.54 Å². The van der Waals surface area contributed by atoms with E-state index in [1.54, 1.807) is 6.07 Å². The summed E-state index contributed by atoms with van der Waals surface area (Å²) in [7, 11) is 0. The first kappa shape index (κ1) is 13.7. The maximum Gasteiger partial charge on any atom is 0.166 e. The van der Waals surface area contributed by atoms with Crippen LogP contribution in [0.5, 0.6) is 11.5 Å². The molecule has 3 rings (SSSR count). The number of anilines is 1. The Balaban J connectivity index is 1.79. The van der Waals surface area contributed by atoms with Crippen LogP contribution in [0.1, 0.15) is 17.5 Å². The van der Waals surface area contributed by atoms with Gasteiger partial charge >= 0.3 is 0 Å². The van der Waals surface area contributed by atoms with Gasteiger partial charge in [-0.15, -0.1) is 0 Å². The third-order valence-corrected chi connectivity index (χ3v) is 3.45. The van der Waals surface area contributed by atoms with Gasteiger partial charge in [-0.3, -0.25) is 0 Å². The van der Waals surface area contributed by atoms with Crippen LogP contribution in [0, 0.1) is 12.7 Å². The zero-order valence-corrected chi connectivity index (χ0v) is 12.0. The molecule has 1 aliphatic rings. The molecule has 0 fully saturated rings. The van der Waals surface area contributed by atoms with Gasteiger partial charge in [-0.25, -0.2) is 4.39 Å². The highest BCUT2D eigenvalue weighted by Gasteiger charge is 2.14. The molecule has 0 aromatic heterocycles. The minimum atomic E-state index is -0.241. The second-order valence-electron chi connectivity index (χ2n) is 5.13. The Morgan fingerprint density at radius 3 is 2.86 bits per heavy atom. The lowest BCUT2D eigenvalue weighted by Crippen LogP contribution is -2.05. The number of nitrogens with one attached hydrogen (secondary N) is 1. The molecule has 0 radical (unpaired) electrons. The smallest absolute Gasteiger partial charge is 0.166 e. The first-order valence-electron chi connectivity index (χ1n) is 7.11. The molecule has 1 N–H and O–H groups in total. The molecule has 110 valence electrons. The summed E-state index contributed by atoms with van der Waals surface area (Å²) in [5.41, 5.74) is 2.37. The quantitative estimate of drug-likeness (QED) is 0.928. The lowest BCUT2D eigenvalue weighted by atomic mass is 10.1. The van der Waals surface area contributed by atoms with Crippen LogP contribution in [0.25, 0.3) is 0 Å². The molecular formula is C17H18FNO2. The van der Waals surface area contributed by atoms with Crippen LogP contribution >= 0.6 is 0 Å². The van der Waals surface area contributed by atoms with E-state index in [0.29, 0.717) is 25.4 Å². The van der Waals surface area contributed by atoms with Gasteiger partial charge in [0.2, 0.25) is 0 Å². The zero-order chi connectivity index (χ0) is 14.7. The summed E-state index contributed by atoms with van der Waals surface area (Å²) < 4.78 is 25.3. The second kappa shape index (κ2) is 6.04. The molecular weight excluding hydrogens is 269 g/mol. The van der Waals surface area contributed by atoms with Crippen molar-refractivity contribution in [2.75, 3.05) is 18.5 Å². The number of aryl methyl sites for hydroxylation is 1. The highest BCUT2D eigenvalue weighted by atomic mass is 19.1. The first-order chi connectivity index (χ1) is 10.2. The van der Waals surface area contributed by atoms with E-state index in [1.807, 2.05) is 31.2 Å². The van der Waals surface area contributed by atoms with Gasteiger partial charge in [0.1, 0.15) is 5.82 Å². The molecule has 0 saturated heterocycles. The standard InChI is InChI=1S/C17H18FNO2/c1-12-6-7-15(14(18)10-12)19-11-13-4-2-5-16-17(13)21-9-3-8-20-16/h2,4-7,10,19H,3,8-9,11H2,1H3. The monoisotopic (exact) mass is 287 g/mol. The minimum Gasteiger partial charge on any atom is -0.490 e. The SMILES string of the molecule is Cc1ccc(NCc2cccc3c2OCCCO3)c(F)c1. The van der Waals surface area contributed by atoms with E-state index in [-0.39, 0.29) is 5.82 Å². The Labute approximate surface area is 123 Å². The lowest BCUT2D eigenvalue weighted by molar-refractivity contribution is 0.296. The van der Waals surface area contributed by atoms with E-state index in [4.69, 9.17) is 9.47 Å². The first-order valence-corrected chi connectivity index (χ1v) is 7.11. The van der Waals surface area contributed by atoms with Crippen LogP contribution in [0.15, 0.2) is 36.4 Å². The predicted octanol–water partition coefficient (Wildman–Crippen LogP) is 3.91. The van der Waals surface area contributed by atoms with Crippen molar-refractivity contribution in [2.24, 2.45) is 0 Å². The van der Waals surface area contributed by atoms with Gasteiger partial charge in [0.15, 0.2) is 11.5 Å². The molecule has 1 heterocycles. The topological polar surface area (TPSA) is 30.5 Å². The molecule has 3 nitrogen and oxygen atoms in total. The fourth-order valence-electron chi connectivity index (χ4n) is 2.35. The van der Waals surface area contributed by atoms with E-state index in [2.05, 4.69) is 5.32 Å². The maximum absolute atomic E-state index is 13.8. The summed E-state index contributed by atoms with van der Waals surface area (Å²) >= 11 is 0. The molecule has 0 amide bonds. The third kappa shape index (κ3) is 3.10. The highest BCUT2D eigenvalue weighted by Crippen LogP contribution is 2.33. The number of ether oxygens (including phenoxy) is 2. The van der Waals surface area contributed by atoms with E-state index in [1.165, 1.54) is 6.07 Å². The fourth-order valence-corrected chi connectivity index (χ4v) is 2.35. The van der Waals surface area contributed by atoms with E-state index in [0.717, 1.165) is 29.0 Å². The van der Waals surface area contributed by atoms with Crippen molar-refractivity contribution < 1.29 is 13.9 Å². The van der Waals surface area contributed by atoms with Gasteiger partial charge in [-0.05, 0) is 30.7 Å². The van der Waals surface area contributed by atoms with Gasteiger partial charge in [0, 0.05) is 18.5 Å². The van der Waals surface area contributed by atoms with E-state index < -0.39 is 0 Å². The van der Waals surface area contributed by atoms with Crippen LogP contribution < -0.4 is 14.8 Å². The number of rotatable bonds is 3. The lowest BCUT2D eigenvalue weighted by Gasteiger charge is -2.14. The van der Waals surface area contributed by atoms with Gasteiger partial charge in [-0.1, -0.05) is 18.2 Å². The van der Waals surface area contributed by atoms with Crippen LogP contribution in [0.3, 0.4) is 0 Å². The summed E-state index contributed by atoms with van der Waals surface area (Å²) in [6.45, 7) is 3.67. The van der Waals surface area contributed by atoms with Gasteiger partial charge in [0.05, 0.1) is 18.9 Å². The Morgan fingerprint density at radius 2 is 2.00 bits per heavy atom. The fraction of sp³-hybridized carbons (Fsp3) is 0.294. The Kier molecular flexibility index (Phi) is 3.95. The maximum atomic E-state index is 13.8. The van der Waals surface area contributed by atoms with Crippen molar-refractivity contribution in [2.45, 2.75) is 19.9 Å². The average molecular weight is 287 g/mol. The molecule has 0 bridgehead atoms. The number of halogens is 1. The zero-order valence-electron chi connectivity index (χ0n) is 12.0. The second-order valence-corrected chi connectivity index (χ2v) is 5.13. The van der Waals surface area contributed by atoms with Crippen molar-refractivity contribution in [3.05, 3.63) is 53.3 Å². The number of fused-ring (bicyclic) bond motifs is 1. The van der Waals surface area contributed by atoms with Crippen LogP contribution in [0.4, 0.5) is 10.1 Å². The minimum absolute atomic E-state index is 0.241. The molecule has 1 aliphatic heterocycles. The molecule has 4 heteroatoms. The molecule has 0 unspecified atom stereocenters. The normalized spacial score (nSPS) is 13.6. The predicted molar refractivity (Wildman–Crippen MR) is 80.5 cm³/mol. The molecule has 21 heavy (non-hydrogen) atoms. The van der Waals surface area contributed by atoms with Gasteiger partial charge in [0.25, 0.3) is 0 Å². The largest absolute Gasteiger partial charge is 0.490 e. The van der Waals surface area contributed by atoms with E-state index in [9.17, 15) is 4.39 Å². The molecule has 0 aliphatic carbocycles. The molecule has 0 atom stereocenters. The van der Waals surface area contributed by atoms with Crippen molar-refractivity contribution in [1.82, 2.24) is 0 Å². The Bertz CT molecular complexity index is 643. The molecule has 2 aromatic carbocycles. The number of hydrogen-bond acceptors (Lipinski definition) is 3. The Morgan fingerprint density at radius 1 is 1.14 bits per heavy atom. The van der Waals surface area contributed by atoms with Crippen molar-refractivity contribution in [3.8, 4) is 11.5 Å². The van der Waals surface area contributed by atoms with Crippen molar-refractivity contribution in [3.63, 3.8) is 0 Å². The molecule has 0 saturated carbocycles. The molecule has 2 aromatic rings.